The summed E-state index contributed by atoms with van der Waals surface area (Å²) in [7, 11) is 0. The number of carbonyl (C=O) groups excluding carboxylic acids is 1. The number of hydrogen-bond donors (Lipinski definition) is 2. The number of nitrogens with one attached hydrogen (secondary N) is 1. The Bertz CT molecular complexity index is 566. The van der Waals surface area contributed by atoms with Crippen LogP contribution in [0, 0.1) is 5.82 Å². The molecule has 0 aliphatic carbocycles. The molecule has 0 radical (unpaired) electrons. The van der Waals surface area contributed by atoms with Gasteiger partial charge in [0.25, 0.3) is 5.91 Å². The number of carboxylic acids is 1. The molecule has 1 aliphatic rings. The van der Waals surface area contributed by atoms with Crippen molar-refractivity contribution in [2.45, 2.75) is 19.3 Å². The number of hydrogen-bond acceptors (Lipinski definition) is 3. The molecule has 1 saturated heterocycles. The van der Waals surface area contributed by atoms with Crippen molar-refractivity contribution in [2.75, 3.05) is 13.1 Å². The highest BCUT2D eigenvalue weighted by Gasteiger charge is 2.16. The molecule has 1 aromatic rings. The average molecular weight is 292 g/mol. The molecule has 0 atom stereocenters. The van der Waals surface area contributed by atoms with E-state index in [-0.39, 0.29) is 5.56 Å². The Kier molecular flexibility index (Phi) is 5.05. The van der Waals surface area contributed by atoms with Gasteiger partial charge in [0, 0.05) is 19.2 Å². The van der Waals surface area contributed by atoms with Crippen molar-refractivity contribution >= 4 is 18.0 Å². The van der Waals surface area contributed by atoms with E-state index in [1.54, 1.807) is 5.01 Å². The van der Waals surface area contributed by atoms with Gasteiger partial charge in [-0.05, 0) is 36.6 Å². The molecule has 1 heterocycles. The first kappa shape index (κ1) is 15.2. The fourth-order valence-corrected chi connectivity index (χ4v) is 2.20. The van der Waals surface area contributed by atoms with Crippen LogP contribution in [0.4, 0.5) is 4.39 Å². The van der Waals surface area contributed by atoms with E-state index >= 15 is 0 Å². The smallest absolute Gasteiger partial charge is 0.328 e. The van der Waals surface area contributed by atoms with E-state index in [1.165, 1.54) is 18.2 Å². The Morgan fingerprint density at radius 3 is 2.57 bits per heavy atom. The number of aliphatic carboxylic acids is 1. The summed E-state index contributed by atoms with van der Waals surface area (Å²) in [5.41, 5.74) is 3.03. The third-order valence-corrected chi connectivity index (χ3v) is 3.27. The summed E-state index contributed by atoms with van der Waals surface area (Å²) in [4.78, 5) is 22.4. The van der Waals surface area contributed by atoms with Gasteiger partial charge in [0.15, 0.2) is 0 Å². The molecular weight excluding hydrogens is 275 g/mol. The van der Waals surface area contributed by atoms with Crippen molar-refractivity contribution < 1.29 is 19.1 Å². The van der Waals surface area contributed by atoms with Gasteiger partial charge in [-0.3, -0.25) is 10.2 Å². The molecule has 1 amide bonds. The lowest BCUT2D eigenvalue weighted by Gasteiger charge is -2.26. The summed E-state index contributed by atoms with van der Waals surface area (Å²) >= 11 is 0. The Morgan fingerprint density at radius 2 is 1.95 bits per heavy atom. The van der Waals surface area contributed by atoms with Crippen LogP contribution in [0.15, 0.2) is 24.3 Å². The van der Waals surface area contributed by atoms with Crippen molar-refractivity contribution in [1.82, 2.24) is 10.4 Å². The lowest BCUT2D eigenvalue weighted by atomic mass is 10.1. The predicted octanol–water partition coefficient (Wildman–Crippen LogP) is 2.05. The number of piperidine rings is 1. The molecule has 21 heavy (non-hydrogen) atoms. The van der Waals surface area contributed by atoms with E-state index in [1.807, 2.05) is 0 Å². The maximum absolute atomic E-state index is 13.9. The van der Waals surface area contributed by atoms with Crippen LogP contribution in [0.3, 0.4) is 0 Å². The van der Waals surface area contributed by atoms with Gasteiger partial charge < -0.3 is 5.11 Å². The van der Waals surface area contributed by atoms with E-state index in [0.29, 0.717) is 5.56 Å². The van der Waals surface area contributed by atoms with Gasteiger partial charge in [0.1, 0.15) is 5.82 Å². The van der Waals surface area contributed by atoms with E-state index in [0.717, 1.165) is 44.5 Å². The molecule has 6 heteroatoms. The predicted molar refractivity (Wildman–Crippen MR) is 76.0 cm³/mol. The zero-order chi connectivity index (χ0) is 15.2. The molecule has 1 fully saturated rings. The minimum absolute atomic E-state index is 0.0481. The average Bonchev–Trinajstić information content (AvgIpc) is 2.46. The highest BCUT2D eigenvalue weighted by atomic mass is 19.1. The maximum atomic E-state index is 13.9. The van der Waals surface area contributed by atoms with Crippen LogP contribution in [0.1, 0.15) is 35.2 Å². The number of nitrogens with zero attached hydrogens (tertiary/aromatic N) is 1. The normalized spacial score (nSPS) is 16.0. The van der Waals surface area contributed by atoms with Crippen LogP contribution in [0.2, 0.25) is 0 Å². The standard InChI is InChI=1S/C15H17FN2O3/c16-13-10-11(5-7-14(19)20)4-6-12(13)15(21)17-18-8-2-1-3-9-18/h4-7,10H,1-3,8-9H2,(H,17,21)(H,19,20)/b7-5+. The molecule has 0 saturated carbocycles. The minimum Gasteiger partial charge on any atom is -0.478 e. The van der Waals surface area contributed by atoms with Crippen molar-refractivity contribution in [3.63, 3.8) is 0 Å². The third kappa shape index (κ3) is 4.39. The summed E-state index contributed by atoms with van der Waals surface area (Å²) in [6, 6.07) is 4.01. The number of halogens is 1. The minimum atomic E-state index is -1.11. The monoisotopic (exact) mass is 292 g/mol. The van der Waals surface area contributed by atoms with Gasteiger partial charge in [-0.2, -0.15) is 0 Å². The number of benzene rings is 1. The van der Waals surface area contributed by atoms with Crippen LogP contribution in [0.5, 0.6) is 0 Å². The van der Waals surface area contributed by atoms with Gasteiger partial charge >= 0.3 is 5.97 Å². The molecule has 0 spiro atoms. The van der Waals surface area contributed by atoms with Gasteiger partial charge in [-0.15, -0.1) is 0 Å². The summed E-state index contributed by atoms with van der Waals surface area (Å²) in [6.45, 7) is 1.54. The van der Waals surface area contributed by atoms with Crippen molar-refractivity contribution in [1.29, 1.82) is 0 Å². The number of hydrazine groups is 1. The van der Waals surface area contributed by atoms with Crippen LogP contribution in [-0.2, 0) is 4.79 Å². The van der Waals surface area contributed by atoms with Crippen LogP contribution in [-0.4, -0.2) is 35.1 Å². The second-order valence-electron chi connectivity index (χ2n) is 4.90. The fourth-order valence-electron chi connectivity index (χ4n) is 2.20. The lowest BCUT2D eigenvalue weighted by molar-refractivity contribution is -0.131. The first-order valence-corrected chi connectivity index (χ1v) is 6.83. The number of carboxylic acid groups (broad SMARTS) is 1. The third-order valence-electron chi connectivity index (χ3n) is 3.27. The van der Waals surface area contributed by atoms with Crippen LogP contribution < -0.4 is 5.43 Å². The number of amides is 1. The van der Waals surface area contributed by atoms with Crippen molar-refractivity contribution in [3.8, 4) is 0 Å². The molecule has 2 N–H and O–H groups in total. The Morgan fingerprint density at radius 1 is 1.24 bits per heavy atom. The second kappa shape index (κ2) is 6.99. The topological polar surface area (TPSA) is 69.6 Å². The summed E-state index contributed by atoms with van der Waals surface area (Å²) in [5, 5.41) is 10.3. The van der Waals surface area contributed by atoms with E-state index in [9.17, 15) is 14.0 Å². The summed E-state index contributed by atoms with van der Waals surface area (Å²) in [5.74, 6) is -2.26. The highest BCUT2D eigenvalue weighted by molar-refractivity contribution is 5.94. The summed E-state index contributed by atoms with van der Waals surface area (Å²) < 4.78 is 13.9. The van der Waals surface area contributed by atoms with Gasteiger partial charge in [-0.1, -0.05) is 12.5 Å². The zero-order valence-electron chi connectivity index (χ0n) is 11.5. The van der Waals surface area contributed by atoms with Crippen LogP contribution >= 0.6 is 0 Å². The van der Waals surface area contributed by atoms with Gasteiger partial charge in [0.2, 0.25) is 0 Å². The first-order chi connectivity index (χ1) is 10.1. The zero-order valence-corrected chi connectivity index (χ0v) is 11.5. The SMILES string of the molecule is O=C(O)/C=C/c1ccc(C(=O)NN2CCCCC2)c(F)c1. The molecule has 1 aliphatic heterocycles. The van der Waals surface area contributed by atoms with Crippen LogP contribution in [0.25, 0.3) is 6.08 Å². The molecule has 112 valence electrons. The number of rotatable bonds is 4. The molecule has 0 bridgehead atoms. The Balaban J connectivity index is 2.05. The molecule has 2 rings (SSSR count). The van der Waals surface area contributed by atoms with Crippen molar-refractivity contribution in [2.24, 2.45) is 0 Å². The first-order valence-electron chi connectivity index (χ1n) is 6.83. The Labute approximate surface area is 122 Å². The largest absolute Gasteiger partial charge is 0.478 e. The van der Waals surface area contributed by atoms with Gasteiger partial charge in [-0.25, -0.2) is 14.2 Å². The molecule has 5 nitrogen and oxygen atoms in total. The highest BCUT2D eigenvalue weighted by Crippen LogP contribution is 2.13. The van der Waals surface area contributed by atoms with Crippen molar-refractivity contribution in [3.05, 3.63) is 41.2 Å². The molecular formula is C15H17FN2O3. The van der Waals surface area contributed by atoms with E-state index < -0.39 is 17.7 Å². The summed E-state index contributed by atoms with van der Waals surface area (Å²) in [6.07, 6.45) is 5.37. The molecule has 1 aromatic carbocycles. The van der Waals surface area contributed by atoms with E-state index in [4.69, 9.17) is 5.11 Å². The quantitative estimate of drug-likeness (QED) is 0.833. The molecule has 0 unspecified atom stereocenters. The maximum Gasteiger partial charge on any atom is 0.328 e. The van der Waals surface area contributed by atoms with E-state index in [2.05, 4.69) is 5.43 Å². The number of carbonyl (C=O) groups is 2. The fraction of sp³-hybridized carbons (Fsp3) is 0.333. The van der Waals surface area contributed by atoms with Gasteiger partial charge in [0.05, 0.1) is 5.56 Å². The second-order valence-corrected chi connectivity index (χ2v) is 4.90. The lowest BCUT2D eigenvalue weighted by Crippen LogP contribution is -2.45. The Hall–Kier alpha value is -2.21. The molecule has 0 aromatic heterocycles.